The number of ether oxygens (including phenoxy) is 1. The molecule has 19 heavy (non-hydrogen) atoms. The van der Waals surface area contributed by atoms with Gasteiger partial charge >= 0.3 is 0 Å². The van der Waals surface area contributed by atoms with Crippen LogP contribution in [0.15, 0.2) is 4.99 Å². The summed E-state index contributed by atoms with van der Waals surface area (Å²) in [5.41, 5.74) is 5.95. The van der Waals surface area contributed by atoms with E-state index < -0.39 is 0 Å². The molecule has 1 aliphatic heterocycles. The minimum absolute atomic E-state index is 0. The van der Waals surface area contributed by atoms with Crippen molar-refractivity contribution in [3.8, 4) is 0 Å². The van der Waals surface area contributed by atoms with Crippen molar-refractivity contribution in [2.24, 2.45) is 16.6 Å². The first-order valence-electron chi connectivity index (χ1n) is 7.32. The van der Waals surface area contributed by atoms with Gasteiger partial charge in [-0.3, -0.25) is 4.99 Å². The summed E-state index contributed by atoms with van der Waals surface area (Å²) in [6.07, 6.45) is 6.44. The molecule has 0 bridgehead atoms. The van der Waals surface area contributed by atoms with Gasteiger partial charge < -0.3 is 15.4 Å². The largest absolute Gasteiger partial charge is 0.378 e. The van der Waals surface area contributed by atoms with E-state index in [1.165, 1.54) is 25.7 Å². The SMILES string of the molecule is CC(C)CCCCCCN=C(N)N1CCOCC1.I. The van der Waals surface area contributed by atoms with Gasteiger partial charge in [-0.05, 0) is 12.3 Å². The van der Waals surface area contributed by atoms with E-state index >= 15 is 0 Å². The van der Waals surface area contributed by atoms with Crippen molar-refractivity contribution in [3.63, 3.8) is 0 Å². The third-order valence-corrected chi connectivity index (χ3v) is 3.30. The molecule has 4 nitrogen and oxygen atoms in total. The van der Waals surface area contributed by atoms with Crippen molar-refractivity contribution in [2.45, 2.75) is 46.0 Å². The lowest BCUT2D eigenvalue weighted by Crippen LogP contribution is -2.44. The maximum absolute atomic E-state index is 5.95. The summed E-state index contributed by atoms with van der Waals surface area (Å²) in [5.74, 6) is 1.53. The molecule has 1 rings (SSSR count). The van der Waals surface area contributed by atoms with Crippen molar-refractivity contribution in [1.82, 2.24) is 4.90 Å². The van der Waals surface area contributed by atoms with Crippen LogP contribution in [0.25, 0.3) is 0 Å². The van der Waals surface area contributed by atoms with Gasteiger partial charge in [0.05, 0.1) is 13.2 Å². The second kappa shape index (κ2) is 11.8. The number of halogens is 1. The highest BCUT2D eigenvalue weighted by molar-refractivity contribution is 14.0. The van der Waals surface area contributed by atoms with Gasteiger partial charge in [-0.2, -0.15) is 0 Å². The lowest BCUT2D eigenvalue weighted by molar-refractivity contribution is 0.0674. The van der Waals surface area contributed by atoms with Gasteiger partial charge in [0, 0.05) is 19.6 Å². The molecule has 0 atom stereocenters. The fraction of sp³-hybridized carbons (Fsp3) is 0.929. The Hall–Kier alpha value is -0.0400. The summed E-state index contributed by atoms with van der Waals surface area (Å²) in [6, 6.07) is 0. The summed E-state index contributed by atoms with van der Waals surface area (Å²) in [4.78, 5) is 6.56. The van der Waals surface area contributed by atoms with E-state index in [4.69, 9.17) is 10.5 Å². The smallest absolute Gasteiger partial charge is 0.191 e. The molecule has 114 valence electrons. The first kappa shape index (κ1) is 19.0. The minimum Gasteiger partial charge on any atom is -0.378 e. The van der Waals surface area contributed by atoms with Crippen LogP contribution in [-0.4, -0.2) is 43.7 Å². The van der Waals surface area contributed by atoms with Crippen LogP contribution in [-0.2, 0) is 4.74 Å². The average Bonchev–Trinajstić information content (AvgIpc) is 2.38. The highest BCUT2D eigenvalue weighted by Gasteiger charge is 2.11. The molecule has 1 saturated heterocycles. The number of guanidine groups is 1. The molecule has 0 aliphatic carbocycles. The molecule has 5 heteroatoms. The molecule has 0 aromatic rings. The number of nitrogens with two attached hydrogens (primary N) is 1. The molecule has 1 aliphatic rings. The molecule has 0 radical (unpaired) electrons. The van der Waals surface area contributed by atoms with E-state index in [0.29, 0.717) is 5.96 Å². The lowest BCUT2D eigenvalue weighted by Gasteiger charge is -2.27. The number of morpholine rings is 1. The molecule has 0 amide bonds. The summed E-state index contributed by atoms with van der Waals surface area (Å²) in [6.45, 7) is 8.73. The summed E-state index contributed by atoms with van der Waals surface area (Å²) in [5, 5.41) is 0. The molecule has 0 unspecified atom stereocenters. The zero-order valence-electron chi connectivity index (χ0n) is 12.4. The number of nitrogens with zero attached hydrogens (tertiary/aromatic N) is 2. The Morgan fingerprint density at radius 2 is 1.79 bits per heavy atom. The number of rotatable bonds is 7. The van der Waals surface area contributed by atoms with Crippen molar-refractivity contribution < 1.29 is 4.74 Å². The molecular formula is C14H30IN3O. The molecule has 1 fully saturated rings. The van der Waals surface area contributed by atoms with Gasteiger partial charge in [0.1, 0.15) is 0 Å². The van der Waals surface area contributed by atoms with Crippen LogP contribution in [0.2, 0.25) is 0 Å². The van der Waals surface area contributed by atoms with Crippen LogP contribution in [0.3, 0.4) is 0 Å². The highest BCUT2D eigenvalue weighted by Crippen LogP contribution is 2.09. The van der Waals surface area contributed by atoms with E-state index in [1.54, 1.807) is 0 Å². The Morgan fingerprint density at radius 1 is 1.16 bits per heavy atom. The lowest BCUT2D eigenvalue weighted by atomic mass is 10.0. The molecular weight excluding hydrogens is 353 g/mol. The van der Waals surface area contributed by atoms with Gasteiger partial charge in [-0.25, -0.2) is 0 Å². The first-order valence-corrected chi connectivity index (χ1v) is 7.32. The second-order valence-electron chi connectivity index (χ2n) is 5.44. The van der Waals surface area contributed by atoms with Gasteiger partial charge in [-0.1, -0.05) is 39.5 Å². The monoisotopic (exact) mass is 383 g/mol. The third kappa shape index (κ3) is 9.49. The predicted molar refractivity (Wildman–Crippen MR) is 92.2 cm³/mol. The van der Waals surface area contributed by atoms with Crippen LogP contribution in [0.5, 0.6) is 0 Å². The van der Waals surface area contributed by atoms with Crippen molar-refractivity contribution in [2.75, 3.05) is 32.8 Å². The van der Waals surface area contributed by atoms with Crippen LogP contribution in [0.4, 0.5) is 0 Å². The predicted octanol–water partition coefficient (Wildman–Crippen LogP) is 2.86. The molecule has 2 N–H and O–H groups in total. The Bertz CT molecular complexity index is 241. The molecule has 1 heterocycles. The molecule has 0 aromatic heterocycles. The molecule has 0 spiro atoms. The van der Waals surface area contributed by atoms with Gasteiger partial charge in [0.2, 0.25) is 0 Å². The third-order valence-electron chi connectivity index (χ3n) is 3.30. The topological polar surface area (TPSA) is 50.8 Å². The van der Waals surface area contributed by atoms with Gasteiger partial charge in [0.15, 0.2) is 5.96 Å². The Labute approximate surface area is 135 Å². The van der Waals surface area contributed by atoms with Crippen LogP contribution < -0.4 is 5.73 Å². The maximum Gasteiger partial charge on any atom is 0.191 e. The standard InChI is InChI=1S/C14H29N3O.HI/c1-13(2)7-5-3-4-6-8-16-14(15)17-9-11-18-12-10-17;/h13H,3-12H2,1-2H3,(H2,15,16);1H. The first-order chi connectivity index (χ1) is 8.70. The number of hydrogen-bond acceptors (Lipinski definition) is 2. The highest BCUT2D eigenvalue weighted by atomic mass is 127. The second-order valence-corrected chi connectivity index (χ2v) is 5.44. The molecule has 0 aromatic carbocycles. The van der Waals surface area contributed by atoms with Crippen molar-refractivity contribution in [3.05, 3.63) is 0 Å². The normalized spacial score (nSPS) is 16.6. The molecule has 0 saturated carbocycles. The maximum atomic E-state index is 5.95. The fourth-order valence-corrected chi connectivity index (χ4v) is 2.10. The number of hydrogen-bond donors (Lipinski definition) is 1. The van der Waals surface area contributed by atoms with Crippen molar-refractivity contribution >= 4 is 29.9 Å². The zero-order chi connectivity index (χ0) is 13.2. The Balaban J connectivity index is 0.00000324. The zero-order valence-corrected chi connectivity index (χ0v) is 14.8. The van der Waals surface area contributed by atoms with Gasteiger partial charge in [-0.15, -0.1) is 24.0 Å². The van der Waals surface area contributed by atoms with E-state index in [-0.39, 0.29) is 24.0 Å². The van der Waals surface area contributed by atoms with Crippen LogP contribution in [0.1, 0.15) is 46.0 Å². The summed E-state index contributed by atoms with van der Waals surface area (Å²) >= 11 is 0. The van der Waals surface area contributed by atoms with E-state index in [1.807, 2.05) is 0 Å². The Morgan fingerprint density at radius 3 is 2.42 bits per heavy atom. The van der Waals surface area contributed by atoms with Crippen LogP contribution >= 0.6 is 24.0 Å². The number of aliphatic imine (C=N–C) groups is 1. The quantitative estimate of drug-likeness (QED) is 0.318. The Kier molecular flexibility index (Phi) is 11.7. The summed E-state index contributed by atoms with van der Waals surface area (Å²) in [7, 11) is 0. The fourth-order valence-electron chi connectivity index (χ4n) is 2.10. The van der Waals surface area contributed by atoms with Crippen molar-refractivity contribution in [1.29, 1.82) is 0 Å². The number of unbranched alkanes of at least 4 members (excludes halogenated alkanes) is 3. The van der Waals surface area contributed by atoms with Gasteiger partial charge in [0.25, 0.3) is 0 Å². The van der Waals surface area contributed by atoms with E-state index in [2.05, 4.69) is 23.7 Å². The summed E-state index contributed by atoms with van der Waals surface area (Å²) < 4.78 is 5.29. The minimum atomic E-state index is 0. The van der Waals surface area contributed by atoms with E-state index in [0.717, 1.165) is 45.2 Å². The average molecular weight is 383 g/mol. The van der Waals surface area contributed by atoms with E-state index in [9.17, 15) is 0 Å². The van der Waals surface area contributed by atoms with Crippen LogP contribution in [0, 0.1) is 5.92 Å².